The average Bonchev–Trinajstić information content (AvgIpc) is 2.35. The molecule has 0 aliphatic carbocycles. The van der Waals surface area contributed by atoms with Gasteiger partial charge in [-0.3, -0.25) is 9.59 Å². The number of hydrogen-bond acceptors (Lipinski definition) is 3. The van der Waals surface area contributed by atoms with Crippen molar-refractivity contribution >= 4 is 23.4 Å². The summed E-state index contributed by atoms with van der Waals surface area (Å²) in [5, 5.41) is 5.76. The SMILES string of the molecule is C[C@H](NC(=O)CNC(=O)CN)c1cccc(Cl)c1. The van der Waals surface area contributed by atoms with Gasteiger partial charge in [0, 0.05) is 5.02 Å². The van der Waals surface area contributed by atoms with E-state index in [0.29, 0.717) is 5.02 Å². The number of benzene rings is 1. The zero-order chi connectivity index (χ0) is 13.5. The van der Waals surface area contributed by atoms with E-state index in [0.717, 1.165) is 5.56 Å². The molecule has 0 aromatic heterocycles. The van der Waals surface area contributed by atoms with E-state index in [1.165, 1.54) is 0 Å². The lowest BCUT2D eigenvalue weighted by Crippen LogP contribution is -2.40. The fourth-order valence-electron chi connectivity index (χ4n) is 1.40. The van der Waals surface area contributed by atoms with Crippen molar-refractivity contribution in [1.29, 1.82) is 0 Å². The van der Waals surface area contributed by atoms with Gasteiger partial charge in [-0.15, -0.1) is 0 Å². The summed E-state index contributed by atoms with van der Waals surface area (Å²) in [7, 11) is 0. The molecule has 98 valence electrons. The van der Waals surface area contributed by atoms with Gasteiger partial charge in [0.2, 0.25) is 11.8 Å². The normalized spacial score (nSPS) is 11.7. The highest BCUT2D eigenvalue weighted by atomic mass is 35.5. The van der Waals surface area contributed by atoms with Crippen molar-refractivity contribution in [3.8, 4) is 0 Å². The van der Waals surface area contributed by atoms with Gasteiger partial charge in [-0.2, -0.15) is 0 Å². The van der Waals surface area contributed by atoms with Crippen LogP contribution in [-0.4, -0.2) is 24.9 Å². The number of carbonyl (C=O) groups is 2. The first kappa shape index (κ1) is 14.5. The van der Waals surface area contributed by atoms with Crippen LogP contribution in [0.5, 0.6) is 0 Å². The Kier molecular flexibility index (Phi) is 5.61. The van der Waals surface area contributed by atoms with Crippen molar-refractivity contribution in [2.75, 3.05) is 13.1 Å². The van der Waals surface area contributed by atoms with Crippen molar-refractivity contribution in [2.24, 2.45) is 5.73 Å². The first-order valence-electron chi connectivity index (χ1n) is 5.54. The molecule has 0 bridgehead atoms. The Bertz CT molecular complexity index is 437. The third-order valence-electron chi connectivity index (χ3n) is 2.36. The molecule has 0 aliphatic rings. The molecular weight excluding hydrogens is 254 g/mol. The second kappa shape index (κ2) is 6.98. The van der Waals surface area contributed by atoms with Crippen molar-refractivity contribution in [3.05, 3.63) is 34.9 Å². The van der Waals surface area contributed by atoms with Crippen LogP contribution in [0.25, 0.3) is 0 Å². The van der Waals surface area contributed by atoms with Crippen LogP contribution in [-0.2, 0) is 9.59 Å². The molecule has 0 spiro atoms. The minimum Gasteiger partial charge on any atom is -0.348 e. The Labute approximate surface area is 111 Å². The molecule has 1 aromatic carbocycles. The Morgan fingerprint density at radius 2 is 2.11 bits per heavy atom. The molecule has 0 aliphatic heterocycles. The van der Waals surface area contributed by atoms with Crippen LogP contribution in [0.4, 0.5) is 0 Å². The molecule has 1 aromatic rings. The Morgan fingerprint density at radius 3 is 2.72 bits per heavy atom. The molecule has 6 heteroatoms. The van der Waals surface area contributed by atoms with Gasteiger partial charge in [-0.1, -0.05) is 23.7 Å². The van der Waals surface area contributed by atoms with Crippen molar-refractivity contribution < 1.29 is 9.59 Å². The second-order valence-corrected chi connectivity index (χ2v) is 4.26. The highest BCUT2D eigenvalue weighted by Crippen LogP contribution is 2.16. The van der Waals surface area contributed by atoms with E-state index >= 15 is 0 Å². The molecule has 0 heterocycles. The highest BCUT2D eigenvalue weighted by Gasteiger charge is 2.10. The van der Waals surface area contributed by atoms with E-state index in [2.05, 4.69) is 10.6 Å². The van der Waals surface area contributed by atoms with Gasteiger partial charge in [0.15, 0.2) is 0 Å². The number of halogens is 1. The number of nitrogens with one attached hydrogen (secondary N) is 2. The Morgan fingerprint density at radius 1 is 1.39 bits per heavy atom. The third-order valence-corrected chi connectivity index (χ3v) is 2.59. The highest BCUT2D eigenvalue weighted by molar-refractivity contribution is 6.30. The fourth-order valence-corrected chi connectivity index (χ4v) is 1.60. The van der Waals surface area contributed by atoms with E-state index in [-0.39, 0.29) is 30.9 Å². The van der Waals surface area contributed by atoms with Gasteiger partial charge in [0.1, 0.15) is 0 Å². The van der Waals surface area contributed by atoms with Gasteiger partial charge in [-0.05, 0) is 24.6 Å². The minimum absolute atomic E-state index is 0.0824. The molecule has 4 N–H and O–H groups in total. The molecule has 0 saturated heterocycles. The smallest absolute Gasteiger partial charge is 0.239 e. The molecule has 0 saturated carbocycles. The maximum atomic E-state index is 11.5. The van der Waals surface area contributed by atoms with E-state index in [1.807, 2.05) is 19.1 Å². The van der Waals surface area contributed by atoms with Gasteiger partial charge < -0.3 is 16.4 Å². The Hall–Kier alpha value is -1.59. The van der Waals surface area contributed by atoms with Crippen molar-refractivity contribution in [2.45, 2.75) is 13.0 Å². The van der Waals surface area contributed by atoms with Crippen LogP contribution in [0, 0.1) is 0 Å². The van der Waals surface area contributed by atoms with Gasteiger partial charge in [0.05, 0.1) is 19.1 Å². The molecule has 0 fully saturated rings. The molecule has 0 unspecified atom stereocenters. The minimum atomic E-state index is -0.361. The summed E-state index contributed by atoms with van der Waals surface area (Å²) in [6.07, 6.45) is 0. The largest absolute Gasteiger partial charge is 0.348 e. The zero-order valence-corrected chi connectivity index (χ0v) is 10.8. The predicted octanol–water partition coefficient (Wildman–Crippen LogP) is 0.592. The lowest BCUT2D eigenvalue weighted by Gasteiger charge is -2.14. The molecule has 1 atom stereocenters. The summed E-state index contributed by atoms with van der Waals surface area (Å²) < 4.78 is 0. The second-order valence-electron chi connectivity index (χ2n) is 3.83. The van der Waals surface area contributed by atoms with Crippen LogP contribution in [0.3, 0.4) is 0 Å². The van der Waals surface area contributed by atoms with E-state index in [9.17, 15) is 9.59 Å². The number of hydrogen-bond donors (Lipinski definition) is 3. The summed E-state index contributed by atoms with van der Waals surface area (Å²) in [6, 6.07) is 7.06. The lowest BCUT2D eigenvalue weighted by molar-refractivity contribution is -0.125. The number of rotatable bonds is 5. The maximum absolute atomic E-state index is 11.5. The van der Waals surface area contributed by atoms with E-state index < -0.39 is 0 Å². The number of carbonyl (C=O) groups excluding carboxylic acids is 2. The molecular formula is C12H16ClN3O2. The predicted molar refractivity (Wildman–Crippen MR) is 70.1 cm³/mol. The quantitative estimate of drug-likeness (QED) is 0.732. The number of nitrogens with two attached hydrogens (primary N) is 1. The molecule has 1 rings (SSSR count). The topological polar surface area (TPSA) is 84.2 Å². The summed E-state index contributed by atoms with van der Waals surface area (Å²) in [5.74, 6) is -0.634. The average molecular weight is 270 g/mol. The molecule has 5 nitrogen and oxygen atoms in total. The maximum Gasteiger partial charge on any atom is 0.239 e. The van der Waals surface area contributed by atoms with E-state index in [1.54, 1.807) is 12.1 Å². The third kappa shape index (κ3) is 4.73. The van der Waals surface area contributed by atoms with E-state index in [4.69, 9.17) is 17.3 Å². The van der Waals surface area contributed by atoms with Gasteiger partial charge in [-0.25, -0.2) is 0 Å². The fraction of sp³-hybridized carbons (Fsp3) is 0.333. The monoisotopic (exact) mass is 269 g/mol. The van der Waals surface area contributed by atoms with Crippen molar-refractivity contribution in [3.63, 3.8) is 0 Å². The first-order valence-corrected chi connectivity index (χ1v) is 5.92. The van der Waals surface area contributed by atoms with Crippen LogP contribution in [0.1, 0.15) is 18.5 Å². The van der Waals surface area contributed by atoms with Crippen molar-refractivity contribution in [1.82, 2.24) is 10.6 Å². The standard InChI is InChI=1S/C12H16ClN3O2/c1-8(9-3-2-4-10(13)5-9)16-12(18)7-15-11(17)6-14/h2-5,8H,6-7,14H2,1H3,(H,15,17)(H,16,18)/t8-/m0/s1. The summed E-state index contributed by atoms with van der Waals surface area (Å²) >= 11 is 5.86. The molecule has 2 amide bonds. The van der Waals surface area contributed by atoms with Crippen LogP contribution < -0.4 is 16.4 Å². The lowest BCUT2D eigenvalue weighted by atomic mass is 10.1. The molecule has 0 radical (unpaired) electrons. The zero-order valence-electron chi connectivity index (χ0n) is 10.1. The Balaban J connectivity index is 2.47. The number of amides is 2. The van der Waals surface area contributed by atoms with Crippen LogP contribution >= 0.6 is 11.6 Å². The summed E-state index contributed by atoms with van der Waals surface area (Å²) in [6.45, 7) is 1.63. The summed E-state index contributed by atoms with van der Waals surface area (Å²) in [5.41, 5.74) is 6.01. The summed E-state index contributed by atoms with van der Waals surface area (Å²) in [4.78, 5) is 22.4. The molecule has 18 heavy (non-hydrogen) atoms. The van der Waals surface area contributed by atoms with Crippen LogP contribution in [0.15, 0.2) is 24.3 Å². The first-order chi connectivity index (χ1) is 8.52. The van der Waals surface area contributed by atoms with Crippen LogP contribution in [0.2, 0.25) is 5.02 Å². The van der Waals surface area contributed by atoms with Gasteiger partial charge in [0.25, 0.3) is 0 Å². The van der Waals surface area contributed by atoms with Gasteiger partial charge >= 0.3 is 0 Å².